The SMILES string of the molecule is Cc1ccccc1-c1ccc(C(=O)[O-])c(NC(=O)c2cncc(-c3ccccc3)c2)c1.[Na+]. The molecule has 1 aromatic heterocycles. The molecule has 4 aromatic rings. The number of hydrogen-bond acceptors (Lipinski definition) is 4. The van der Waals surface area contributed by atoms with Crippen LogP contribution in [-0.4, -0.2) is 16.9 Å². The number of anilines is 1. The number of benzene rings is 3. The summed E-state index contributed by atoms with van der Waals surface area (Å²) in [6.07, 6.45) is 3.13. The number of carbonyl (C=O) groups is 2. The van der Waals surface area contributed by atoms with Gasteiger partial charge in [-0.25, -0.2) is 0 Å². The van der Waals surface area contributed by atoms with E-state index in [0.717, 1.165) is 27.8 Å². The first-order chi connectivity index (χ1) is 15.0. The summed E-state index contributed by atoms with van der Waals surface area (Å²) >= 11 is 0. The van der Waals surface area contributed by atoms with Crippen molar-refractivity contribution in [3.05, 3.63) is 108 Å². The minimum absolute atomic E-state index is 0. The van der Waals surface area contributed by atoms with Gasteiger partial charge in [0.25, 0.3) is 5.91 Å². The quantitative estimate of drug-likeness (QED) is 0.485. The van der Waals surface area contributed by atoms with Crippen LogP contribution in [0.4, 0.5) is 5.69 Å². The first-order valence-corrected chi connectivity index (χ1v) is 9.76. The molecule has 0 radical (unpaired) electrons. The maximum Gasteiger partial charge on any atom is 1.00 e. The molecule has 0 spiro atoms. The third-order valence-corrected chi connectivity index (χ3v) is 5.05. The van der Waals surface area contributed by atoms with E-state index in [1.807, 2.05) is 61.5 Å². The second-order valence-electron chi connectivity index (χ2n) is 7.15. The molecule has 0 unspecified atom stereocenters. The van der Waals surface area contributed by atoms with Crippen molar-refractivity contribution in [2.45, 2.75) is 6.92 Å². The van der Waals surface area contributed by atoms with Crippen molar-refractivity contribution in [3.63, 3.8) is 0 Å². The van der Waals surface area contributed by atoms with Crippen LogP contribution in [0.3, 0.4) is 0 Å². The second kappa shape index (κ2) is 10.4. The van der Waals surface area contributed by atoms with Crippen molar-refractivity contribution in [2.75, 3.05) is 5.32 Å². The predicted molar refractivity (Wildman–Crippen MR) is 119 cm³/mol. The molecule has 3 aromatic carbocycles. The molecule has 0 saturated heterocycles. The van der Waals surface area contributed by atoms with Crippen molar-refractivity contribution < 1.29 is 44.3 Å². The number of hydrogen-bond donors (Lipinski definition) is 1. The predicted octanol–water partition coefficient (Wildman–Crippen LogP) is 1.34. The van der Waals surface area contributed by atoms with Gasteiger partial charge in [-0.1, -0.05) is 66.7 Å². The van der Waals surface area contributed by atoms with Crippen molar-refractivity contribution >= 4 is 17.6 Å². The van der Waals surface area contributed by atoms with Crippen LogP contribution in [0.15, 0.2) is 91.3 Å². The average Bonchev–Trinajstić information content (AvgIpc) is 2.80. The molecule has 0 fully saturated rings. The summed E-state index contributed by atoms with van der Waals surface area (Å²) in [6.45, 7) is 1.97. The minimum atomic E-state index is -1.36. The van der Waals surface area contributed by atoms with E-state index in [1.54, 1.807) is 24.4 Å². The number of carbonyl (C=O) groups excluding carboxylic acids is 2. The zero-order chi connectivity index (χ0) is 21.8. The van der Waals surface area contributed by atoms with Crippen molar-refractivity contribution in [2.24, 2.45) is 0 Å². The van der Waals surface area contributed by atoms with E-state index in [9.17, 15) is 14.7 Å². The van der Waals surface area contributed by atoms with Crippen LogP contribution in [0.25, 0.3) is 22.3 Å². The molecule has 1 heterocycles. The summed E-state index contributed by atoms with van der Waals surface area (Å²) in [6, 6.07) is 23.9. The van der Waals surface area contributed by atoms with Gasteiger partial charge < -0.3 is 15.2 Å². The molecule has 1 amide bonds. The van der Waals surface area contributed by atoms with Crippen LogP contribution in [0, 0.1) is 6.92 Å². The molecule has 0 aliphatic rings. The van der Waals surface area contributed by atoms with Gasteiger partial charge in [-0.15, -0.1) is 0 Å². The number of pyridine rings is 1. The summed E-state index contributed by atoms with van der Waals surface area (Å²) in [5.41, 5.74) is 4.94. The van der Waals surface area contributed by atoms with Gasteiger partial charge in [-0.05, 0) is 41.3 Å². The van der Waals surface area contributed by atoms with E-state index in [-0.39, 0.29) is 40.8 Å². The molecular weight excluding hydrogens is 411 g/mol. The minimum Gasteiger partial charge on any atom is -0.545 e. The van der Waals surface area contributed by atoms with E-state index in [0.29, 0.717) is 5.56 Å². The fourth-order valence-electron chi connectivity index (χ4n) is 3.44. The number of rotatable bonds is 5. The molecule has 0 aliphatic carbocycles. The van der Waals surface area contributed by atoms with E-state index in [1.165, 1.54) is 12.3 Å². The van der Waals surface area contributed by atoms with Crippen LogP contribution < -0.4 is 40.0 Å². The first kappa shape index (κ1) is 23.4. The first-order valence-electron chi connectivity index (χ1n) is 9.76. The van der Waals surface area contributed by atoms with Gasteiger partial charge in [0.1, 0.15) is 0 Å². The molecule has 0 saturated carbocycles. The normalized spacial score (nSPS) is 10.2. The fourth-order valence-corrected chi connectivity index (χ4v) is 3.44. The molecule has 5 nitrogen and oxygen atoms in total. The standard InChI is InChI=1S/C26H20N2O3.Na/c1-17-7-5-6-10-22(17)19-11-12-23(26(30)31)24(14-19)28-25(29)21-13-20(15-27-16-21)18-8-3-2-4-9-18;/h2-16H,1H3,(H,28,29)(H,30,31);/q;+1/p-1. The van der Waals surface area contributed by atoms with Gasteiger partial charge in [0.05, 0.1) is 17.2 Å². The Balaban J connectivity index is 0.00000289. The number of aryl methyl sites for hydroxylation is 1. The van der Waals surface area contributed by atoms with E-state index >= 15 is 0 Å². The number of nitrogens with zero attached hydrogens (tertiary/aromatic N) is 1. The third-order valence-electron chi connectivity index (χ3n) is 5.05. The molecule has 4 rings (SSSR count). The Hall–Kier alpha value is -3.25. The third kappa shape index (κ3) is 5.14. The van der Waals surface area contributed by atoms with Crippen molar-refractivity contribution in [1.29, 1.82) is 0 Å². The molecule has 152 valence electrons. The van der Waals surface area contributed by atoms with Gasteiger partial charge >= 0.3 is 29.6 Å². The van der Waals surface area contributed by atoms with Crippen LogP contribution in [0.2, 0.25) is 0 Å². The summed E-state index contributed by atoms with van der Waals surface area (Å²) in [5, 5.41) is 14.3. The maximum atomic E-state index is 12.9. The van der Waals surface area contributed by atoms with Crippen LogP contribution in [0.5, 0.6) is 0 Å². The summed E-state index contributed by atoms with van der Waals surface area (Å²) in [5.74, 6) is -1.81. The number of carboxylic acid groups (broad SMARTS) is 1. The maximum absolute atomic E-state index is 12.9. The van der Waals surface area contributed by atoms with Gasteiger partial charge in [-0.2, -0.15) is 0 Å². The second-order valence-corrected chi connectivity index (χ2v) is 7.15. The van der Waals surface area contributed by atoms with Crippen LogP contribution in [0.1, 0.15) is 26.3 Å². The Bertz CT molecular complexity index is 1270. The molecule has 32 heavy (non-hydrogen) atoms. The van der Waals surface area contributed by atoms with E-state index in [2.05, 4.69) is 10.3 Å². The van der Waals surface area contributed by atoms with Crippen molar-refractivity contribution in [1.82, 2.24) is 4.98 Å². The molecule has 1 N–H and O–H groups in total. The number of aromatic carboxylic acids is 1. The van der Waals surface area contributed by atoms with Gasteiger partial charge in [-0.3, -0.25) is 9.78 Å². The molecular formula is C26H19N2NaO3. The Morgan fingerprint density at radius 1 is 0.812 bits per heavy atom. The molecule has 6 heteroatoms. The smallest absolute Gasteiger partial charge is 0.545 e. The summed E-state index contributed by atoms with van der Waals surface area (Å²) in [4.78, 5) is 28.7. The van der Waals surface area contributed by atoms with E-state index in [4.69, 9.17) is 0 Å². The number of nitrogens with one attached hydrogen (secondary N) is 1. The average molecular weight is 430 g/mol. The number of carboxylic acids is 1. The molecule has 0 aliphatic heterocycles. The summed E-state index contributed by atoms with van der Waals surface area (Å²) in [7, 11) is 0. The fraction of sp³-hybridized carbons (Fsp3) is 0.0385. The van der Waals surface area contributed by atoms with Gasteiger partial charge in [0.15, 0.2) is 0 Å². The molecule has 0 bridgehead atoms. The Morgan fingerprint density at radius 3 is 2.25 bits per heavy atom. The Kier molecular flexibility index (Phi) is 7.59. The molecule has 0 atom stereocenters. The van der Waals surface area contributed by atoms with Gasteiger partial charge in [0, 0.05) is 23.5 Å². The zero-order valence-corrected chi connectivity index (χ0v) is 19.8. The Labute approximate surface area is 208 Å². The largest absolute Gasteiger partial charge is 1.00 e. The monoisotopic (exact) mass is 430 g/mol. The van der Waals surface area contributed by atoms with Gasteiger partial charge in [0.2, 0.25) is 0 Å². The van der Waals surface area contributed by atoms with Crippen LogP contribution in [-0.2, 0) is 0 Å². The number of aromatic nitrogens is 1. The zero-order valence-electron chi connectivity index (χ0n) is 17.8. The number of amides is 1. The Morgan fingerprint density at radius 2 is 1.53 bits per heavy atom. The van der Waals surface area contributed by atoms with Crippen LogP contribution >= 0.6 is 0 Å². The van der Waals surface area contributed by atoms with Crippen molar-refractivity contribution in [3.8, 4) is 22.3 Å². The summed E-state index contributed by atoms with van der Waals surface area (Å²) < 4.78 is 0. The van der Waals surface area contributed by atoms with E-state index < -0.39 is 11.9 Å². The topological polar surface area (TPSA) is 82.1 Å².